The molecule has 18 heavy (non-hydrogen) atoms. The Bertz CT molecular complexity index is 476. The monoisotopic (exact) mass is 246 g/mol. The van der Waals surface area contributed by atoms with Gasteiger partial charge in [-0.05, 0) is 37.0 Å². The largest absolute Gasteiger partial charge is 0.320 e. The van der Waals surface area contributed by atoms with Crippen LogP contribution in [0.1, 0.15) is 29.5 Å². The lowest BCUT2D eigenvalue weighted by Crippen LogP contribution is -2.50. The zero-order chi connectivity index (χ0) is 13.3. The van der Waals surface area contributed by atoms with Gasteiger partial charge in [-0.3, -0.25) is 14.5 Å². The van der Waals surface area contributed by atoms with Crippen LogP contribution in [0.3, 0.4) is 0 Å². The molecule has 4 nitrogen and oxygen atoms in total. The van der Waals surface area contributed by atoms with Crippen LogP contribution in [0.5, 0.6) is 0 Å². The summed E-state index contributed by atoms with van der Waals surface area (Å²) in [5.41, 5.74) is 8.94. The molecule has 0 bridgehead atoms. The highest BCUT2D eigenvalue weighted by molar-refractivity contribution is 6.00. The van der Waals surface area contributed by atoms with Crippen molar-refractivity contribution >= 4 is 11.8 Å². The van der Waals surface area contributed by atoms with Crippen molar-refractivity contribution in [3.05, 3.63) is 34.9 Å². The average Bonchev–Trinajstić information content (AvgIpc) is 2.33. The van der Waals surface area contributed by atoms with Crippen LogP contribution in [0.25, 0.3) is 0 Å². The Morgan fingerprint density at radius 2 is 1.89 bits per heavy atom. The Labute approximate surface area is 107 Å². The number of hydrogen-bond acceptors (Lipinski definition) is 3. The number of imide groups is 1. The SMILES string of the molecule is Cc1cccc(C)c1CN1C(=O)CCC(N)C1=O. The highest BCUT2D eigenvalue weighted by Crippen LogP contribution is 2.20. The quantitative estimate of drug-likeness (QED) is 0.799. The van der Waals surface area contributed by atoms with Gasteiger partial charge in [0, 0.05) is 6.42 Å². The number of amides is 2. The third-order valence-electron chi connectivity index (χ3n) is 3.51. The third-order valence-corrected chi connectivity index (χ3v) is 3.51. The fourth-order valence-corrected chi connectivity index (χ4v) is 2.28. The van der Waals surface area contributed by atoms with E-state index in [9.17, 15) is 9.59 Å². The molecule has 1 aromatic rings. The van der Waals surface area contributed by atoms with Crippen molar-refractivity contribution in [2.75, 3.05) is 0 Å². The number of rotatable bonds is 2. The predicted octanol–water partition coefficient (Wildman–Crippen LogP) is 1.28. The third kappa shape index (κ3) is 2.29. The molecule has 0 radical (unpaired) electrons. The van der Waals surface area contributed by atoms with E-state index < -0.39 is 6.04 Å². The second-order valence-electron chi connectivity index (χ2n) is 4.83. The number of aryl methyl sites for hydroxylation is 2. The lowest BCUT2D eigenvalue weighted by Gasteiger charge is -2.29. The molecule has 1 heterocycles. The van der Waals surface area contributed by atoms with Crippen LogP contribution in [0.15, 0.2) is 18.2 Å². The van der Waals surface area contributed by atoms with Gasteiger partial charge in [0.05, 0.1) is 12.6 Å². The summed E-state index contributed by atoms with van der Waals surface area (Å²) in [7, 11) is 0. The van der Waals surface area contributed by atoms with Gasteiger partial charge in [-0.2, -0.15) is 0 Å². The maximum absolute atomic E-state index is 11.9. The molecule has 0 aliphatic carbocycles. The molecule has 0 saturated carbocycles. The van der Waals surface area contributed by atoms with Crippen molar-refractivity contribution in [2.45, 2.75) is 39.3 Å². The second kappa shape index (κ2) is 4.90. The Morgan fingerprint density at radius 3 is 2.50 bits per heavy atom. The minimum absolute atomic E-state index is 0.121. The fourth-order valence-electron chi connectivity index (χ4n) is 2.28. The molecule has 2 rings (SSSR count). The molecule has 96 valence electrons. The zero-order valence-electron chi connectivity index (χ0n) is 10.8. The summed E-state index contributed by atoms with van der Waals surface area (Å²) < 4.78 is 0. The maximum atomic E-state index is 11.9. The summed E-state index contributed by atoms with van der Waals surface area (Å²) in [6.07, 6.45) is 0.818. The van der Waals surface area contributed by atoms with E-state index in [4.69, 9.17) is 5.73 Å². The number of nitrogens with two attached hydrogens (primary N) is 1. The molecule has 2 amide bonds. The second-order valence-corrected chi connectivity index (χ2v) is 4.83. The summed E-state index contributed by atoms with van der Waals surface area (Å²) in [4.78, 5) is 25.1. The first-order valence-corrected chi connectivity index (χ1v) is 6.15. The first-order valence-electron chi connectivity index (χ1n) is 6.15. The van der Waals surface area contributed by atoms with Crippen LogP contribution in [-0.2, 0) is 16.1 Å². The van der Waals surface area contributed by atoms with Gasteiger partial charge in [-0.1, -0.05) is 18.2 Å². The molecule has 1 aliphatic heterocycles. The van der Waals surface area contributed by atoms with Crippen molar-refractivity contribution in [1.82, 2.24) is 4.90 Å². The van der Waals surface area contributed by atoms with Gasteiger partial charge in [0.25, 0.3) is 0 Å². The van der Waals surface area contributed by atoms with Crippen LogP contribution in [0.2, 0.25) is 0 Å². The van der Waals surface area contributed by atoms with Gasteiger partial charge in [-0.15, -0.1) is 0 Å². The number of hydrogen-bond donors (Lipinski definition) is 1. The Morgan fingerprint density at radius 1 is 1.28 bits per heavy atom. The van der Waals surface area contributed by atoms with E-state index >= 15 is 0 Å². The number of nitrogens with zero attached hydrogens (tertiary/aromatic N) is 1. The lowest BCUT2D eigenvalue weighted by molar-refractivity contribution is -0.149. The number of carbonyl (C=O) groups is 2. The van der Waals surface area contributed by atoms with E-state index in [0.29, 0.717) is 19.4 Å². The molecule has 1 saturated heterocycles. The zero-order valence-corrected chi connectivity index (χ0v) is 10.8. The van der Waals surface area contributed by atoms with Gasteiger partial charge in [0.15, 0.2) is 0 Å². The number of benzene rings is 1. The molecule has 2 N–H and O–H groups in total. The number of carbonyl (C=O) groups excluding carboxylic acids is 2. The van der Waals surface area contributed by atoms with Crippen molar-refractivity contribution in [3.8, 4) is 0 Å². The number of piperidine rings is 1. The van der Waals surface area contributed by atoms with Gasteiger partial charge in [-0.25, -0.2) is 0 Å². The molecular formula is C14H18N2O2. The molecule has 1 aromatic carbocycles. The lowest BCUT2D eigenvalue weighted by atomic mass is 9.99. The summed E-state index contributed by atoms with van der Waals surface area (Å²) in [5.74, 6) is -0.377. The average molecular weight is 246 g/mol. The smallest absolute Gasteiger partial charge is 0.246 e. The first-order chi connectivity index (χ1) is 8.50. The van der Waals surface area contributed by atoms with Crippen molar-refractivity contribution < 1.29 is 9.59 Å². The molecule has 1 atom stereocenters. The molecular weight excluding hydrogens is 228 g/mol. The van der Waals surface area contributed by atoms with E-state index in [0.717, 1.165) is 16.7 Å². The van der Waals surface area contributed by atoms with E-state index in [2.05, 4.69) is 0 Å². The Balaban J connectivity index is 2.27. The molecule has 0 aromatic heterocycles. The van der Waals surface area contributed by atoms with Gasteiger partial charge >= 0.3 is 0 Å². The highest BCUT2D eigenvalue weighted by Gasteiger charge is 2.32. The van der Waals surface area contributed by atoms with Gasteiger partial charge in [0.2, 0.25) is 11.8 Å². The summed E-state index contributed by atoms with van der Waals surface area (Å²) in [6, 6.07) is 5.41. The summed E-state index contributed by atoms with van der Waals surface area (Å²) in [6.45, 7) is 4.31. The van der Waals surface area contributed by atoms with Gasteiger partial charge < -0.3 is 5.73 Å². The summed E-state index contributed by atoms with van der Waals surface area (Å²) >= 11 is 0. The molecule has 4 heteroatoms. The Hall–Kier alpha value is -1.68. The van der Waals surface area contributed by atoms with Crippen LogP contribution < -0.4 is 5.73 Å². The van der Waals surface area contributed by atoms with E-state index in [1.807, 2.05) is 32.0 Å². The van der Waals surface area contributed by atoms with Crippen molar-refractivity contribution in [1.29, 1.82) is 0 Å². The van der Waals surface area contributed by atoms with E-state index in [1.54, 1.807) is 0 Å². The molecule has 1 unspecified atom stereocenters. The highest BCUT2D eigenvalue weighted by atomic mass is 16.2. The molecule has 1 fully saturated rings. The van der Waals surface area contributed by atoms with Crippen LogP contribution in [0, 0.1) is 13.8 Å². The first kappa shape index (κ1) is 12.8. The summed E-state index contributed by atoms with van der Waals surface area (Å²) in [5, 5.41) is 0. The fraction of sp³-hybridized carbons (Fsp3) is 0.429. The minimum atomic E-state index is -0.535. The maximum Gasteiger partial charge on any atom is 0.246 e. The van der Waals surface area contributed by atoms with E-state index in [-0.39, 0.29) is 11.8 Å². The topological polar surface area (TPSA) is 63.4 Å². The van der Waals surface area contributed by atoms with Crippen LogP contribution in [0.4, 0.5) is 0 Å². The Kier molecular flexibility index (Phi) is 3.48. The molecule has 1 aliphatic rings. The van der Waals surface area contributed by atoms with Crippen LogP contribution >= 0.6 is 0 Å². The predicted molar refractivity (Wildman–Crippen MR) is 68.7 cm³/mol. The minimum Gasteiger partial charge on any atom is -0.320 e. The van der Waals surface area contributed by atoms with E-state index in [1.165, 1.54) is 4.90 Å². The van der Waals surface area contributed by atoms with Crippen LogP contribution in [-0.4, -0.2) is 22.8 Å². The molecule has 0 spiro atoms. The normalized spacial score (nSPS) is 20.4. The standard InChI is InChI=1S/C14H18N2O2/c1-9-4-3-5-10(2)11(9)8-16-13(17)7-6-12(15)14(16)18/h3-5,12H,6-8,15H2,1-2H3. The van der Waals surface area contributed by atoms with Gasteiger partial charge in [0.1, 0.15) is 0 Å². The van der Waals surface area contributed by atoms with Crippen molar-refractivity contribution in [2.24, 2.45) is 5.73 Å². The van der Waals surface area contributed by atoms with Crippen molar-refractivity contribution in [3.63, 3.8) is 0 Å². The number of likely N-dealkylation sites (tertiary alicyclic amines) is 1.